The van der Waals surface area contributed by atoms with Crippen molar-refractivity contribution in [2.75, 3.05) is 12.4 Å². The van der Waals surface area contributed by atoms with Crippen molar-refractivity contribution < 1.29 is 9.53 Å². The van der Waals surface area contributed by atoms with E-state index in [0.717, 1.165) is 17.0 Å². The minimum absolute atomic E-state index is 0.00100. The quantitative estimate of drug-likeness (QED) is 0.724. The molecule has 80 valence electrons. The zero-order chi connectivity index (χ0) is 10.8. The smallest absolute Gasteiger partial charge is 0.241 e. The summed E-state index contributed by atoms with van der Waals surface area (Å²) in [4.78, 5) is 11.5. The van der Waals surface area contributed by atoms with Gasteiger partial charge in [-0.2, -0.15) is 0 Å². The lowest BCUT2D eigenvalue weighted by Gasteiger charge is -2.07. The molecule has 4 heteroatoms. The van der Waals surface area contributed by atoms with Crippen LogP contribution < -0.4 is 15.4 Å². The van der Waals surface area contributed by atoms with Crippen LogP contribution in [0.2, 0.25) is 0 Å². The first-order chi connectivity index (χ1) is 7.20. The summed E-state index contributed by atoms with van der Waals surface area (Å²) >= 11 is 0. The van der Waals surface area contributed by atoms with Crippen molar-refractivity contribution in [3.05, 3.63) is 23.8 Å². The van der Waals surface area contributed by atoms with Gasteiger partial charge < -0.3 is 15.4 Å². The number of carbonyl (C=O) groups is 1. The maximum atomic E-state index is 11.5. The number of carbonyl (C=O) groups excluding carboxylic acids is 1. The Morgan fingerprint density at radius 2 is 2.27 bits per heavy atom. The zero-order valence-electron chi connectivity index (χ0n) is 8.83. The van der Waals surface area contributed by atoms with Gasteiger partial charge in [-0.15, -0.1) is 0 Å². The van der Waals surface area contributed by atoms with Crippen molar-refractivity contribution in [3.8, 4) is 5.75 Å². The van der Waals surface area contributed by atoms with Crippen molar-refractivity contribution in [1.82, 2.24) is 5.32 Å². The van der Waals surface area contributed by atoms with Crippen molar-refractivity contribution in [1.29, 1.82) is 0 Å². The summed E-state index contributed by atoms with van der Waals surface area (Å²) in [6, 6.07) is 5.48. The summed E-state index contributed by atoms with van der Waals surface area (Å²) in [6.45, 7) is 2.52. The van der Waals surface area contributed by atoms with E-state index in [1.54, 1.807) is 7.11 Å². The van der Waals surface area contributed by atoms with Crippen molar-refractivity contribution >= 4 is 11.6 Å². The van der Waals surface area contributed by atoms with Gasteiger partial charge in [0.25, 0.3) is 0 Å². The second kappa shape index (κ2) is 3.90. The SMILES string of the molecule is COc1ccc2c(c1)CNC(C)C(=O)N2. The molecule has 0 aliphatic carbocycles. The lowest BCUT2D eigenvalue weighted by molar-refractivity contribution is -0.117. The molecule has 0 bridgehead atoms. The fourth-order valence-corrected chi connectivity index (χ4v) is 1.56. The van der Waals surface area contributed by atoms with E-state index < -0.39 is 0 Å². The highest BCUT2D eigenvalue weighted by Gasteiger charge is 2.18. The molecule has 1 atom stereocenters. The topological polar surface area (TPSA) is 50.4 Å². The number of hydrogen-bond acceptors (Lipinski definition) is 3. The monoisotopic (exact) mass is 206 g/mol. The molecule has 15 heavy (non-hydrogen) atoms. The molecule has 1 aromatic rings. The van der Waals surface area contributed by atoms with E-state index in [0.29, 0.717) is 6.54 Å². The van der Waals surface area contributed by atoms with Crippen LogP contribution in [0.15, 0.2) is 18.2 Å². The van der Waals surface area contributed by atoms with Gasteiger partial charge in [-0.1, -0.05) is 0 Å². The standard InChI is InChI=1S/C11H14N2O2/c1-7-11(14)13-10-4-3-9(15-2)5-8(10)6-12-7/h3-5,7,12H,6H2,1-2H3,(H,13,14). The van der Waals surface area contributed by atoms with Gasteiger partial charge in [0.1, 0.15) is 5.75 Å². The number of hydrogen-bond donors (Lipinski definition) is 2. The third-order valence-electron chi connectivity index (χ3n) is 2.56. The maximum absolute atomic E-state index is 11.5. The summed E-state index contributed by atoms with van der Waals surface area (Å²) in [6.07, 6.45) is 0. The first kappa shape index (κ1) is 9.98. The fraction of sp³-hybridized carbons (Fsp3) is 0.364. The van der Waals surface area contributed by atoms with E-state index in [1.807, 2.05) is 25.1 Å². The Kier molecular flexibility index (Phi) is 2.60. The lowest BCUT2D eigenvalue weighted by Crippen LogP contribution is -2.34. The van der Waals surface area contributed by atoms with E-state index in [2.05, 4.69) is 10.6 Å². The van der Waals surface area contributed by atoms with E-state index in [9.17, 15) is 4.79 Å². The normalized spacial score (nSPS) is 20.1. The second-order valence-corrected chi connectivity index (χ2v) is 3.61. The molecule has 0 spiro atoms. The van der Waals surface area contributed by atoms with E-state index in [-0.39, 0.29) is 11.9 Å². The Bertz CT molecular complexity index is 390. The van der Waals surface area contributed by atoms with Crippen LogP contribution in [0.5, 0.6) is 5.75 Å². The number of methoxy groups -OCH3 is 1. The van der Waals surface area contributed by atoms with Gasteiger partial charge in [0.05, 0.1) is 13.2 Å². The number of fused-ring (bicyclic) bond motifs is 1. The minimum atomic E-state index is -0.164. The van der Waals surface area contributed by atoms with Crippen LogP contribution >= 0.6 is 0 Å². The summed E-state index contributed by atoms with van der Waals surface area (Å²) in [7, 11) is 1.63. The highest BCUT2D eigenvalue weighted by molar-refractivity contribution is 5.96. The number of amides is 1. The van der Waals surface area contributed by atoms with Crippen LogP contribution in [0.1, 0.15) is 12.5 Å². The predicted octanol–water partition coefficient (Wildman–Crippen LogP) is 1.13. The summed E-state index contributed by atoms with van der Waals surface area (Å²) in [5.74, 6) is 0.804. The van der Waals surface area contributed by atoms with Gasteiger partial charge in [0.2, 0.25) is 5.91 Å². The van der Waals surface area contributed by atoms with Gasteiger partial charge in [0, 0.05) is 12.2 Å². The molecule has 2 rings (SSSR count). The van der Waals surface area contributed by atoms with Crippen molar-refractivity contribution in [3.63, 3.8) is 0 Å². The molecule has 1 amide bonds. The second-order valence-electron chi connectivity index (χ2n) is 3.61. The highest BCUT2D eigenvalue weighted by Crippen LogP contribution is 2.23. The number of ether oxygens (including phenoxy) is 1. The molecule has 0 aromatic heterocycles. The van der Waals surface area contributed by atoms with Gasteiger partial charge >= 0.3 is 0 Å². The molecule has 0 fully saturated rings. The molecule has 1 aromatic carbocycles. The Labute approximate surface area is 88.6 Å². The summed E-state index contributed by atoms with van der Waals surface area (Å²) in [5.41, 5.74) is 1.91. The molecule has 1 unspecified atom stereocenters. The van der Waals surface area contributed by atoms with E-state index in [4.69, 9.17) is 4.74 Å². The zero-order valence-corrected chi connectivity index (χ0v) is 8.83. The van der Waals surface area contributed by atoms with Crippen LogP contribution in [0.4, 0.5) is 5.69 Å². The molecule has 0 saturated carbocycles. The molecular weight excluding hydrogens is 192 g/mol. The molecule has 1 aliphatic rings. The maximum Gasteiger partial charge on any atom is 0.241 e. The Morgan fingerprint density at radius 1 is 1.47 bits per heavy atom. The molecule has 2 N–H and O–H groups in total. The van der Waals surface area contributed by atoms with Crippen LogP contribution in [0, 0.1) is 0 Å². The fourth-order valence-electron chi connectivity index (χ4n) is 1.56. The average molecular weight is 206 g/mol. The van der Waals surface area contributed by atoms with Gasteiger partial charge in [0.15, 0.2) is 0 Å². The molecule has 4 nitrogen and oxygen atoms in total. The first-order valence-electron chi connectivity index (χ1n) is 4.92. The van der Waals surface area contributed by atoms with Crippen LogP contribution in [0.3, 0.4) is 0 Å². The third kappa shape index (κ3) is 1.94. The Morgan fingerprint density at radius 3 is 3.00 bits per heavy atom. The molecule has 1 heterocycles. The molecular formula is C11H14N2O2. The van der Waals surface area contributed by atoms with E-state index >= 15 is 0 Å². The molecule has 0 saturated heterocycles. The number of nitrogens with one attached hydrogen (secondary N) is 2. The minimum Gasteiger partial charge on any atom is -0.497 e. The van der Waals surface area contributed by atoms with Crippen LogP contribution in [-0.2, 0) is 11.3 Å². The Hall–Kier alpha value is -1.55. The third-order valence-corrected chi connectivity index (χ3v) is 2.56. The largest absolute Gasteiger partial charge is 0.497 e. The van der Waals surface area contributed by atoms with E-state index in [1.165, 1.54) is 0 Å². The van der Waals surface area contributed by atoms with Crippen LogP contribution in [-0.4, -0.2) is 19.1 Å². The number of benzene rings is 1. The predicted molar refractivity (Wildman–Crippen MR) is 57.9 cm³/mol. The molecule has 1 aliphatic heterocycles. The first-order valence-corrected chi connectivity index (χ1v) is 4.92. The van der Waals surface area contributed by atoms with Gasteiger partial charge in [-0.05, 0) is 30.7 Å². The van der Waals surface area contributed by atoms with Crippen LogP contribution in [0.25, 0.3) is 0 Å². The van der Waals surface area contributed by atoms with Crippen molar-refractivity contribution in [2.45, 2.75) is 19.5 Å². The molecule has 0 radical (unpaired) electrons. The van der Waals surface area contributed by atoms with Crippen molar-refractivity contribution in [2.24, 2.45) is 0 Å². The number of rotatable bonds is 1. The average Bonchev–Trinajstić information content (AvgIpc) is 2.39. The van der Waals surface area contributed by atoms with Gasteiger partial charge in [-0.25, -0.2) is 0 Å². The number of anilines is 1. The van der Waals surface area contributed by atoms with Gasteiger partial charge in [-0.3, -0.25) is 4.79 Å². The highest BCUT2D eigenvalue weighted by atomic mass is 16.5. The summed E-state index contributed by atoms with van der Waals surface area (Å²) < 4.78 is 5.13. The Balaban J connectivity index is 2.34. The lowest BCUT2D eigenvalue weighted by atomic mass is 10.1. The summed E-state index contributed by atoms with van der Waals surface area (Å²) in [5, 5.41) is 6.00.